The number of unbranched alkanes of at least 4 members (excludes halogenated alkanes) is 1. The first-order valence-corrected chi connectivity index (χ1v) is 6.81. The van der Waals surface area contributed by atoms with E-state index in [0.717, 1.165) is 6.42 Å². The third-order valence-corrected chi connectivity index (χ3v) is 2.97. The average Bonchev–Trinajstić information content (AvgIpc) is 2.43. The van der Waals surface area contributed by atoms with Crippen LogP contribution in [-0.2, 0) is 4.79 Å². The molecule has 0 aliphatic heterocycles. The van der Waals surface area contributed by atoms with Crippen molar-refractivity contribution in [2.24, 2.45) is 0 Å². The van der Waals surface area contributed by atoms with Crippen LogP contribution in [0.15, 0.2) is 24.8 Å². The summed E-state index contributed by atoms with van der Waals surface area (Å²) >= 11 is 11.8. The molecule has 20 heavy (non-hydrogen) atoms. The number of amides is 1. The van der Waals surface area contributed by atoms with Gasteiger partial charge in [0.1, 0.15) is 5.75 Å². The molecule has 0 heterocycles. The molecule has 1 amide bonds. The summed E-state index contributed by atoms with van der Waals surface area (Å²) in [5.74, 6) is 0.135. The number of ether oxygens (including phenoxy) is 1. The second kappa shape index (κ2) is 8.61. The van der Waals surface area contributed by atoms with Crippen LogP contribution in [0.4, 0.5) is 0 Å². The minimum atomic E-state index is -0.199. The Hall–Kier alpha value is -1.52. The number of carbonyl (C=O) groups excluding carboxylic acids is 2. The van der Waals surface area contributed by atoms with Crippen LogP contribution in [0.3, 0.4) is 0 Å². The molecule has 4 nitrogen and oxygen atoms in total. The van der Waals surface area contributed by atoms with Crippen molar-refractivity contribution < 1.29 is 14.3 Å². The van der Waals surface area contributed by atoms with E-state index in [0.29, 0.717) is 47.2 Å². The number of hydrogen-bond donors (Lipinski definition) is 1. The average molecular weight is 316 g/mol. The molecule has 0 saturated heterocycles. The highest BCUT2D eigenvalue weighted by Crippen LogP contribution is 2.31. The second-order valence-electron chi connectivity index (χ2n) is 3.97. The van der Waals surface area contributed by atoms with Crippen LogP contribution in [0, 0.1) is 0 Å². The molecular formula is C14H15Cl2NO3. The van der Waals surface area contributed by atoms with Gasteiger partial charge in [-0.25, -0.2) is 0 Å². The maximum atomic E-state index is 10.9. The zero-order valence-corrected chi connectivity index (χ0v) is 12.3. The Balaban J connectivity index is 2.41. The number of carbonyl (C=O) groups is 2. The second-order valence-corrected chi connectivity index (χ2v) is 4.82. The van der Waals surface area contributed by atoms with Crippen molar-refractivity contribution in [3.8, 4) is 5.75 Å². The fourth-order valence-corrected chi connectivity index (χ4v) is 2.07. The molecule has 1 N–H and O–H groups in total. The van der Waals surface area contributed by atoms with Gasteiger partial charge in [0.05, 0.1) is 17.2 Å². The van der Waals surface area contributed by atoms with Gasteiger partial charge in [0.25, 0.3) is 0 Å². The zero-order chi connectivity index (χ0) is 15.0. The van der Waals surface area contributed by atoms with Gasteiger partial charge in [-0.15, -0.1) is 0 Å². The lowest BCUT2D eigenvalue weighted by Gasteiger charge is -2.10. The Morgan fingerprint density at radius 2 is 2.10 bits per heavy atom. The molecule has 1 aromatic rings. The van der Waals surface area contributed by atoms with Crippen molar-refractivity contribution in [3.05, 3.63) is 40.4 Å². The fraction of sp³-hybridized carbons (Fsp3) is 0.286. The fourth-order valence-electron chi connectivity index (χ4n) is 1.51. The van der Waals surface area contributed by atoms with Crippen LogP contribution in [0.25, 0.3) is 0 Å². The van der Waals surface area contributed by atoms with Crippen LogP contribution < -0.4 is 10.1 Å². The molecule has 1 rings (SSSR count). The molecule has 0 radical (unpaired) electrons. The summed E-state index contributed by atoms with van der Waals surface area (Å²) in [5.41, 5.74) is 0.322. The number of benzene rings is 1. The van der Waals surface area contributed by atoms with Crippen LogP contribution in [-0.4, -0.2) is 25.3 Å². The van der Waals surface area contributed by atoms with Gasteiger partial charge < -0.3 is 10.1 Å². The molecule has 0 aliphatic carbocycles. The molecule has 0 fully saturated rings. The standard InChI is InChI=1S/C14H15Cl2NO3/c1-2-13(19)17-5-3-4-6-20-14-10(9-18)7-11(15)8-12(14)16/h2,7-9H,1,3-6H2,(H,17,19). The first-order valence-electron chi connectivity index (χ1n) is 6.05. The van der Waals surface area contributed by atoms with E-state index < -0.39 is 0 Å². The monoisotopic (exact) mass is 315 g/mol. The summed E-state index contributed by atoms with van der Waals surface area (Å²) in [6.07, 6.45) is 3.34. The summed E-state index contributed by atoms with van der Waals surface area (Å²) in [6.45, 7) is 4.30. The molecular weight excluding hydrogens is 301 g/mol. The number of nitrogens with one attached hydrogen (secondary N) is 1. The lowest BCUT2D eigenvalue weighted by atomic mass is 10.2. The SMILES string of the molecule is C=CC(=O)NCCCCOc1c(Cl)cc(Cl)cc1C=O. The van der Waals surface area contributed by atoms with Crippen LogP contribution in [0.1, 0.15) is 23.2 Å². The third kappa shape index (κ3) is 5.23. The lowest BCUT2D eigenvalue weighted by molar-refractivity contribution is -0.116. The van der Waals surface area contributed by atoms with Gasteiger partial charge in [0.15, 0.2) is 6.29 Å². The molecule has 0 spiro atoms. The van der Waals surface area contributed by atoms with Crippen LogP contribution in [0.5, 0.6) is 5.75 Å². The Kier molecular flexibility index (Phi) is 7.12. The molecule has 0 bridgehead atoms. The van der Waals surface area contributed by atoms with Gasteiger partial charge >= 0.3 is 0 Å². The van der Waals surface area contributed by atoms with E-state index in [9.17, 15) is 9.59 Å². The van der Waals surface area contributed by atoms with Gasteiger partial charge in [0, 0.05) is 11.6 Å². The summed E-state index contributed by atoms with van der Waals surface area (Å²) in [4.78, 5) is 21.8. The number of halogens is 2. The molecule has 0 aliphatic rings. The molecule has 0 aromatic heterocycles. The van der Waals surface area contributed by atoms with E-state index in [1.807, 2.05) is 0 Å². The Morgan fingerprint density at radius 3 is 2.75 bits per heavy atom. The van der Waals surface area contributed by atoms with E-state index in [1.165, 1.54) is 18.2 Å². The normalized spacial score (nSPS) is 9.90. The molecule has 108 valence electrons. The van der Waals surface area contributed by atoms with Crippen LogP contribution >= 0.6 is 23.2 Å². The van der Waals surface area contributed by atoms with Gasteiger partial charge in [0.2, 0.25) is 5.91 Å². The Morgan fingerprint density at radius 1 is 1.35 bits per heavy atom. The molecule has 0 saturated carbocycles. The minimum Gasteiger partial charge on any atom is -0.491 e. The minimum absolute atomic E-state index is 0.199. The summed E-state index contributed by atoms with van der Waals surface area (Å²) < 4.78 is 5.49. The van der Waals surface area contributed by atoms with E-state index in [-0.39, 0.29) is 5.91 Å². The Labute approximate surface area is 127 Å². The van der Waals surface area contributed by atoms with Crippen molar-refractivity contribution in [1.82, 2.24) is 5.32 Å². The molecule has 6 heteroatoms. The van der Waals surface area contributed by atoms with Crippen LogP contribution in [0.2, 0.25) is 10.0 Å². The first-order chi connectivity index (χ1) is 9.58. The largest absolute Gasteiger partial charge is 0.491 e. The number of hydrogen-bond acceptors (Lipinski definition) is 3. The maximum Gasteiger partial charge on any atom is 0.243 e. The summed E-state index contributed by atoms with van der Waals surface area (Å²) in [6, 6.07) is 3.02. The Bertz CT molecular complexity index is 503. The highest BCUT2D eigenvalue weighted by Gasteiger charge is 2.10. The quantitative estimate of drug-likeness (QED) is 0.455. The van der Waals surface area contributed by atoms with Crippen molar-refractivity contribution in [2.45, 2.75) is 12.8 Å². The lowest BCUT2D eigenvalue weighted by Crippen LogP contribution is -2.22. The summed E-state index contributed by atoms with van der Waals surface area (Å²) in [7, 11) is 0. The van der Waals surface area contributed by atoms with Crippen molar-refractivity contribution >= 4 is 35.4 Å². The number of aldehydes is 1. The topological polar surface area (TPSA) is 55.4 Å². The maximum absolute atomic E-state index is 10.9. The predicted molar refractivity (Wildman–Crippen MR) is 79.8 cm³/mol. The van der Waals surface area contributed by atoms with E-state index in [1.54, 1.807) is 0 Å². The highest BCUT2D eigenvalue weighted by molar-refractivity contribution is 6.36. The smallest absolute Gasteiger partial charge is 0.243 e. The molecule has 0 atom stereocenters. The van der Waals surface area contributed by atoms with Crippen molar-refractivity contribution in [1.29, 1.82) is 0 Å². The van der Waals surface area contributed by atoms with Gasteiger partial charge in [-0.1, -0.05) is 29.8 Å². The third-order valence-electron chi connectivity index (χ3n) is 2.47. The van der Waals surface area contributed by atoms with E-state index in [4.69, 9.17) is 27.9 Å². The first kappa shape index (κ1) is 16.5. The highest BCUT2D eigenvalue weighted by atomic mass is 35.5. The van der Waals surface area contributed by atoms with E-state index >= 15 is 0 Å². The van der Waals surface area contributed by atoms with E-state index in [2.05, 4.69) is 11.9 Å². The van der Waals surface area contributed by atoms with Gasteiger partial charge in [-0.3, -0.25) is 9.59 Å². The van der Waals surface area contributed by atoms with Gasteiger partial charge in [-0.05, 0) is 31.1 Å². The van der Waals surface area contributed by atoms with Crippen molar-refractivity contribution in [2.75, 3.05) is 13.2 Å². The summed E-state index contributed by atoms with van der Waals surface area (Å²) in [5, 5.41) is 3.35. The van der Waals surface area contributed by atoms with Crippen molar-refractivity contribution in [3.63, 3.8) is 0 Å². The predicted octanol–water partition coefficient (Wildman–Crippen LogP) is 3.27. The van der Waals surface area contributed by atoms with Gasteiger partial charge in [-0.2, -0.15) is 0 Å². The molecule has 0 unspecified atom stereocenters. The zero-order valence-electron chi connectivity index (χ0n) is 10.8. The molecule has 1 aromatic carbocycles. The number of rotatable bonds is 8.